The second kappa shape index (κ2) is 5.10. The predicted octanol–water partition coefficient (Wildman–Crippen LogP) is 1.56. The fourth-order valence-electron chi connectivity index (χ4n) is 1.99. The quantitative estimate of drug-likeness (QED) is 0.686. The molecule has 3 nitrogen and oxygen atoms in total. The average molecular weight is 201 g/mol. The van der Waals surface area contributed by atoms with Crippen molar-refractivity contribution >= 4 is 0 Å². The van der Waals surface area contributed by atoms with Crippen molar-refractivity contribution < 1.29 is 9.47 Å². The highest BCUT2D eigenvalue weighted by atomic mass is 16.5. The van der Waals surface area contributed by atoms with E-state index in [0.717, 1.165) is 26.1 Å². The molecule has 2 atom stereocenters. The normalized spacial score (nSPS) is 30.9. The fraction of sp³-hybridized carbons (Fsp3) is 1.00. The number of hydrogen-bond donors (Lipinski definition) is 1. The summed E-state index contributed by atoms with van der Waals surface area (Å²) >= 11 is 0. The Labute approximate surface area is 86.9 Å². The third kappa shape index (κ3) is 2.94. The molecule has 0 aromatic carbocycles. The van der Waals surface area contributed by atoms with Gasteiger partial charge in [-0.25, -0.2) is 0 Å². The molecule has 0 aromatic rings. The van der Waals surface area contributed by atoms with Crippen LogP contribution >= 0.6 is 0 Å². The molecule has 2 N–H and O–H groups in total. The van der Waals surface area contributed by atoms with E-state index >= 15 is 0 Å². The van der Waals surface area contributed by atoms with Crippen molar-refractivity contribution in [3.05, 3.63) is 0 Å². The Morgan fingerprint density at radius 1 is 1.36 bits per heavy atom. The minimum absolute atomic E-state index is 0.185. The Kier molecular flexibility index (Phi) is 4.35. The van der Waals surface area contributed by atoms with Gasteiger partial charge in [0.1, 0.15) is 0 Å². The lowest BCUT2D eigenvalue weighted by atomic mass is 9.88. The van der Waals surface area contributed by atoms with Crippen LogP contribution in [0, 0.1) is 5.41 Å². The minimum Gasteiger partial charge on any atom is -0.385 e. The van der Waals surface area contributed by atoms with Gasteiger partial charge in [-0.15, -0.1) is 0 Å². The highest BCUT2D eigenvalue weighted by molar-refractivity contribution is 4.94. The molecule has 2 unspecified atom stereocenters. The summed E-state index contributed by atoms with van der Waals surface area (Å²) in [7, 11) is 1.71. The van der Waals surface area contributed by atoms with Gasteiger partial charge in [-0.3, -0.25) is 0 Å². The summed E-state index contributed by atoms with van der Waals surface area (Å²) in [5, 5.41) is 0. The molecule has 0 bridgehead atoms. The molecule has 1 aliphatic rings. The molecule has 0 amide bonds. The lowest BCUT2D eigenvalue weighted by Crippen LogP contribution is -2.41. The first-order valence-corrected chi connectivity index (χ1v) is 5.44. The number of ether oxygens (including phenoxy) is 2. The van der Waals surface area contributed by atoms with Gasteiger partial charge >= 0.3 is 0 Å². The SMILES string of the molecule is COCCCOC1CCC(C)(C)C1N. The summed E-state index contributed by atoms with van der Waals surface area (Å²) in [6.45, 7) is 5.97. The molecule has 1 fully saturated rings. The van der Waals surface area contributed by atoms with Crippen LogP contribution in [0.4, 0.5) is 0 Å². The van der Waals surface area contributed by atoms with Gasteiger partial charge in [0, 0.05) is 26.4 Å². The first-order valence-electron chi connectivity index (χ1n) is 5.44. The van der Waals surface area contributed by atoms with Gasteiger partial charge in [-0.1, -0.05) is 13.8 Å². The Bertz CT molecular complexity index is 171. The predicted molar refractivity (Wildman–Crippen MR) is 57.2 cm³/mol. The summed E-state index contributed by atoms with van der Waals surface area (Å²) in [6, 6.07) is 0.185. The van der Waals surface area contributed by atoms with Crippen LogP contribution in [0.25, 0.3) is 0 Å². The maximum Gasteiger partial charge on any atom is 0.0731 e. The van der Waals surface area contributed by atoms with Crippen LogP contribution in [0.15, 0.2) is 0 Å². The maximum atomic E-state index is 6.12. The van der Waals surface area contributed by atoms with Gasteiger partial charge in [0.05, 0.1) is 6.10 Å². The second-order valence-corrected chi connectivity index (χ2v) is 4.81. The summed E-state index contributed by atoms with van der Waals surface area (Å²) in [5.74, 6) is 0. The molecular weight excluding hydrogens is 178 g/mol. The first-order chi connectivity index (χ1) is 6.58. The minimum atomic E-state index is 0.185. The van der Waals surface area contributed by atoms with E-state index in [2.05, 4.69) is 13.8 Å². The lowest BCUT2D eigenvalue weighted by Gasteiger charge is -2.26. The van der Waals surface area contributed by atoms with Crippen molar-refractivity contribution in [1.82, 2.24) is 0 Å². The highest BCUT2D eigenvalue weighted by Gasteiger charge is 2.39. The Balaban J connectivity index is 2.20. The van der Waals surface area contributed by atoms with Gasteiger partial charge in [-0.05, 0) is 24.7 Å². The van der Waals surface area contributed by atoms with Crippen molar-refractivity contribution in [2.24, 2.45) is 11.1 Å². The van der Waals surface area contributed by atoms with E-state index in [9.17, 15) is 0 Å². The largest absolute Gasteiger partial charge is 0.385 e. The molecule has 84 valence electrons. The molecule has 0 radical (unpaired) electrons. The topological polar surface area (TPSA) is 44.5 Å². The van der Waals surface area contributed by atoms with Crippen molar-refractivity contribution in [2.45, 2.75) is 45.3 Å². The lowest BCUT2D eigenvalue weighted by molar-refractivity contribution is 0.0265. The molecule has 0 spiro atoms. The molecule has 1 saturated carbocycles. The molecular formula is C11H23NO2. The molecule has 14 heavy (non-hydrogen) atoms. The first kappa shape index (κ1) is 12.0. The van der Waals surface area contributed by atoms with Crippen LogP contribution in [0.2, 0.25) is 0 Å². The number of rotatable bonds is 5. The van der Waals surface area contributed by atoms with E-state index in [-0.39, 0.29) is 17.6 Å². The van der Waals surface area contributed by atoms with E-state index in [1.165, 1.54) is 6.42 Å². The highest BCUT2D eigenvalue weighted by Crippen LogP contribution is 2.37. The van der Waals surface area contributed by atoms with Crippen LogP contribution in [-0.4, -0.2) is 32.5 Å². The maximum absolute atomic E-state index is 6.12. The Morgan fingerprint density at radius 3 is 2.57 bits per heavy atom. The van der Waals surface area contributed by atoms with E-state index in [4.69, 9.17) is 15.2 Å². The smallest absolute Gasteiger partial charge is 0.0731 e. The second-order valence-electron chi connectivity index (χ2n) is 4.81. The van der Waals surface area contributed by atoms with E-state index in [1.54, 1.807) is 7.11 Å². The molecule has 3 heteroatoms. The molecule has 0 aromatic heterocycles. The van der Waals surface area contributed by atoms with Gasteiger partial charge < -0.3 is 15.2 Å². The molecule has 0 aliphatic heterocycles. The van der Waals surface area contributed by atoms with E-state index in [1.807, 2.05) is 0 Å². The Morgan fingerprint density at radius 2 is 2.07 bits per heavy atom. The summed E-state index contributed by atoms with van der Waals surface area (Å²) in [5.41, 5.74) is 6.36. The van der Waals surface area contributed by atoms with E-state index < -0.39 is 0 Å². The van der Waals surface area contributed by atoms with Gasteiger partial charge in [-0.2, -0.15) is 0 Å². The average Bonchev–Trinajstić information content (AvgIpc) is 2.39. The number of nitrogens with two attached hydrogens (primary N) is 1. The molecule has 1 rings (SSSR count). The molecule has 0 saturated heterocycles. The Hall–Kier alpha value is -0.120. The third-order valence-corrected chi connectivity index (χ3v) is 3.20. The number of methoxy groups -OCH3 is 1. The van der Waals surface area contributed by atoms with Crippen LogP contribution < -0.4 is 5.73 Å². The zero-order valence-electron chi connectivity index (χ0n) is 9.58. The zero-order valence-corrected chi connectivity index (χ0v) is 9.58. The standard InChI is InChI=1S/C11H23NO2/c1-11(2)6-5-9(10(11)12)14-8-4-7-13-3/h9-10H,4-8,12H2,1-3H3. The zero-order chi connectivity index (χ0) is 10.6. The number of hydrogen-bond acceptors (Lipinski definition) is 3. The van der Waals surface area contributed by atoms with Crippen LogP contribution in [0.1, 0.15) is 33.1 Å². The van der Waals surface area contributed by atoms with Gasteiger partial charge in [0.25, 0.3) is 0 Å². The van der Waals surface area contributed by atoms with Crippen molar-refractivity contribution in [3.8, 4) is 0 Å². The molecule has 0 heterocycles. The summed E-state index contributed by atoms with van der Waals surface area (Å²) in [6.07, 6.45) is 3.48. The monoisotopic (exact) mass is 201 g/mol. The van der Waals surface area contributed by atoms with Crippen molar-refractivity contribution in [2.75, 3.05) is 20.3 Å². The van der Waals surface area contributed by atoms with Gasteiger partial charge in [0.2, 0.25) is 0 Å². The summed E-state index contributed by atoms with van der Waals surface area (Å²) in [4.78, 5) is 0. The van der Waals surface area contributed by atoms with Crippen molar-refractivity contribution in [3.63, 3.8) is 0 Å². The van der Waals surface area contributed by atoms with Gasteiger partial charge in [0.15, 0.2) is 0 Å². The van der Waals surface area contributed by atoms with Crippen molar-refractivity contribution in [1.29, 1.82) is 0 Å². The van der Waals surface area contributed by atoms with Crippen LogP contribution in [0.5, 0.6) is 0 Å². The van der Waals surface area contributed by atoms with E-state index in [0.29, 0.717) is 0 Å². The third-order valence-electron chi connectivity index (χ3n) is 3.20. The van der Waals surface area contributed by atoms with Crippen LogP contribution in [-0.2, 0) is 9.47 Å². The molecule has 1 aliphatic carbocycles. The fourth-order valence-corrected chi connectivity index (χ4v) is 1.99. The van der Waals surface area contributed by atoms with Crippen LogP contribution in [0.3, 0.4) is 0 Å². The summed E-state index contributed by atoms with van der Waals surface area (Å²) < 4.78 is 10.7.